The van der Waals surface area contributed by atoms with Crippen LogP contribution in [0.25, 0.3) is 55.4 Å². The van der Waals surface area contributed by atoms with E-state index in [0.717, 1.165) is 66.9 Å². The van der Waals surface area contributed by atoms with Gasteiger partial charge in [-0.2, -0.15) is 0 Å². The number of hydrogen-bond donors (Lipinski definition) is 0. The van der Waals surface area contributed by atoms with Crippen LogP contribution in [0.4, 0.5) is 0 Å². The summed E-state index contributed by atoms with van der Waals surface area (Å²) in [6.07, 6.45) is 3.63. The Morgan fingerprint density at radius 3 is 1.69 bits per heavy atom. The monoisotopic (exact) mass is 469 g/mol. The van der Waals surface area contributed by atoms with E-state index in [4.69, 9.17) is 14.5 Å². The molecular weight excluding hydrogens is 446 g/mol. The van der Waals surface area contributed by atoms with Crippen molar-refractivity contribution in [3.05, 3.63) is 103 Å². The maximum absolute atomic E-state index is 5.73. The summed E-state index contributed by atoms with van der Waals surface area (Å²) >= 11 is 0. The van der Waals surface area contributed by atoms with Gasteiger partial charge in [0.2, 0.25) is 0 Å². The molecular formula is C31H23N3O2. The maximum Gasteiger partial charge on any atom is 0.126 e. The van der Waals surface area contributed by atoms with Gasteiger partial charge in [-0.15, -0.1) is 0 Å². The van der Waals surface area contributed by atoms with E-state index >= 15 is 0 Å². The Bertz CT molecular complexity index is 1620. The number of hydrogen-bond acceptors (Lipinski definition) is 5. The summed E-state index contributed by atoms with van der Waals surface area (Å²) in [5.41, 5.74) is 7.27. The molecule has 0 saturated carbocycles. The Balaban J connectivity index is 1.67. The van der Waals surface area contributed by atoms with Crippen LogP contribution in [0, 0.1) is 0 Å². The third-order valence-corrected chi connectivity index (χ3v) is 6.36. The van der Waals surface area contributed by atoms with Gasteiger partial charge in [0.05, 0.1) is 36.6 Å². The van der Waals surface area contributed by atoms with Crippen molar-refractivity contribution < 1.29 is 9.47 Å². The van der Waals surface area contributed by atoms with Crippen LogP contribution >= 0.6 is 0 Å². The Morgan fingerprint density at radius 1 is 0.556 bits per heavy atom. The molecule has 3 heterocycles. The van der Waals surface area contributed by atoms with Crippen LogP contribution in [0.1, 0.15) is 0 Å². The van der Waals surface area contributed by atoms with Crippen molar-refractivity contribution in [1.29, 1.82) is 0 Å². The molecule has 0 radical (unpaired) electrons. The van der Waals surface area contributed by atoms with E-state index < -0.39 is 0 Å². The van der Waals surface area contributed by atoms with Crippen molar-refractivity contribution in [3.8, 4) is 45.1 Å². The molecule has 6 rings (SSSR count). The first kappa shape index (κ1) is 21.7. The smallest absolute Gasteiger partial charge is 0.126 e. The van der Waals surface area contributed by atoms with E-state index in [1.54, 1.807) is 14.2 Å². The van der Waals surface area contributed by atoms with Gasteiger partial charge in [-0.05, 0) is 48.0 Å². The third kappa shape index (κ3) is 3.81. The van der Waals surface area contributed by atoms with Gasteiger partial charge in [0.25, 0.3) is 0 Å². The Labute approximate surface area is 209 Å². The van der Waals surface area contributed by atoms with Gasteiger partial charge in [-0.25, -0.2) is 4.98 Å². The Morgan fingerprint density at radius 2 is 1.14 bits per heavy atom. The lowest BCUT2D eigenvalue weighted by molar-refractivity contribution is 0.404. The number of methoxy groups -OCH3 is 2. The second kappa shape index (κ2) is 9.12. The largest absolute Gasteiger partial charge is 0.497 e. The van der Waals surface area contributed by atoms with Gasteiger partial charge in [-0.1, -0.05) is 48.5 Å². The minimum Gasteiger partial charge on any atom is -0.497 e. The molecule has 5 heteroatoms. The highest BCUT2D eigenvalue weighted by atomic mass is 16.5. The van der Waals surface area contributed by atoms with Gasteiger partial charge in [0.1, 0.15) is 11.5 Å². The number of aromatic nitrogens is 3. The molecule has 6 aromatic rings. The summed E-state index contributed by atoms with van der Waals surface area (Å²) < 4.78 is 11.3. The first-order valence-electron chi connectivity index (χ1n) is 11.7. The van der Waals surface area contributed by atoms with E-state index in [-0.39, 0.29) is 0 Å². The van der Waals surface area contributed by atoms with Crippen LogP contribution in [-0.4, -0.2) is 29.2 Å². The van der Waals surface area contributed by atoms with Crippen LogP contribution in [0.2, 0.25) is 0 Å². The number of para-hydroxylation sites is 2. The third-order valence-electron chi connectivity index (χ3n) is 6.36. The van der Waals surface area contributed by atoms with Crippen LogP contribution in [0.3, 0.4) is 0 Å². The molecule has 0 aliphatic carbocycles. The fourth-order valence-corrected chi connectivity index (χ4v) is 4.62. The summed E-state index contributed by atoms with van der Waals surface area (Å²) in [5.74, 6) is 1.51. The van der Waals surface area contributed by atoms with Crippen LogP contribution < -0.4 is 9.47 Å². The predicted molar refractivity (Wildman–Crippen MR) is 144 cm³/mol. The van der Waals surface area contributed by atoms with Crippen molar-refractivity contribution >= 4 is 21.8 Å². The topological polar surface area (TPSA) is 57.1 Å². The van der Waals surface area contributed by atoms with Gasteiger partial charge in [0, 0.05) is 39.9 Å². The molecule has 36 heavy (non-hydrogen) atoms. The molecule has 3 aromatic heterocycles. The number of ether oxygens (including phenoxy) is 2. The molecule has 0 saturated heterocycles. The number of fused-ring (bicyclic) bond motifs is 2. The standard InChI is InChI=1S/C31H23N3O2/c1-35-23-13-14-29(36-2)26(19-23)22-17-27(24-11-3-7-20-9-5-15-32-30(20)24)34-28(18-22)25-12-4-8-21-10-6-16-33-31(21)25/h3-19H,1-2H3. The Kier molecular flexibility index (Phi) is 5.51. The molecule has 0 bridgehead atoms. The van der Waals surface area contributed by atoms with Crippen molar-refractivity contribution in [2.75, 3.05) is 14.2 Å². The fourth-order valence-electron chi connectivity index (χ4n) is 4.62. The van der Waals surface area contributed by atoms with E-state index in [2.05, 4.69) is 58.5 Å². The Hall–Kier alpha value is -4.77. The molecule has 0 amide bonds. The molecule has 3 aromatic carbocycles. The van der Waals surface area contributed by atoms with Gasteiger partial charge in [-0.3, -0.25) is 9.97 Å². The molecule has 0 fully saturated rings. The predicted octanol–water partition coefficient (Wildman–Crippen LogP) is 7.20. The number of rotatable bonds is 5. The number of nitrogens with zero attached hydrogens (tertiary/aromatic N) is 3. The minimum atomic E-state index is 0.754. The second-order valence-electron chi connectivity index (χ2n) is 8.45. The summed E-state index contributed by atoms with van der Waals surface area (Å²) in [6.45, 7) is 0. The molecule has 0 unspecified atom stereocenters. The quantitative estimate of drug-likeness (QED) is 0.267. The highest BCUT2D eigenvalue weighted by Crippen LogP contribution is 2.39. The molecule has 174 valence electrons. The molecule has 0 aliphatic heterocycles. The van der Waals surface area contributed by atoms with Crippen molar-refractivity contribution in [2.24, 2.45) is 0 Å². The van der Waals surface area contributed by atoms with E-state index in [1.165, 1.54) is 0 Å². The zero-order chi connectivity index (χ0) is 24.5. The SMILES string of the molecule is COc1ccc(OC)c(-c2cc(-c3cccc4cccnc34)nc(-c3cccc4cccnc34)c2)c1. The number of pyridine rings is 3. The second-order valence-corrected chi connectivity index (χ2v) is 8.45. The average Bonchev–Trinajstić information content (AvgIpc) is 2.96. The zero-order valence-corrected chi connectivity index (χ0v) is 20.0. The highest BCUT2D eigenvalue weighted by Gasteiger charge is 2.16. The normalized spacial score (nSPS) is 11.1. The highest BCUT2D eigenvalue weighted by molar-refractivity contribution is 5.96. The van der Waals surface area contributed by atoms with E-state index in [1.807, 2.05) is 54.9 Å². The molecule has 5 nitrogen and oxygen atoms in total. The van der Waals surface area contributed by atoms with Crippen molar-refractivity contribution in [1.82, 2.24) is 15.0 Å². The van der Waals surface area contributed by atoms with Crippen molar-refractivity contribution in [2.45, 2.75) is 0 Å². The van der Waals surface area contributed by atoms with Gasteiger partial charge < -0.3 is 9.47 Å². The fraction of sp³-hybridized carbons (Fsp3) is 0.0645. The lowest BCUT2D eigenvalue weighted by Crippen LogP contribution is -1.96. The lowest BCUT2D eigenvalue weighted by atomic mass is 9.97. The number of benzene rings is 3. The zero-order valence-electron chi connectivity index (χ0n) is 20.0. The van der Waals surface area contributed by atoms with E-state index in [9.17, 15) is 0 Å². The summed E-state index contributed by atoms with van der Waals surface area (Å²) in [5, 5.41) is 2.13. The minimum absolute atomic E-state index is 0.754. The maximum atomic E-state index is 5.73. The van der Waals surface area contributed by atoms with Gasteiger partial charge >= 0.3 is 0 Å². The molecule has 0 aliphatic rings. The lowest BCUT2D eigenvalue weighted by Gasteiger charge is -2.15. The summed E-state index contributed by atoms with van der Waals surface area (Å²) in [7, 11) is 3.34. The van der Waals surface area contributed by atoms with Crippen LogP contribution in [0.5, 0.6) is 11.5 Å². The first-order valence-corrected chi connectivity index (χ1v) is 11.7. The van der Waals surface area contributed by atoms with Crippen LogP contribution in [-0.2, 0) is 0 Å². The summed E-state index contributed by atoms with van der Waals surface area (Å²) in [6, 6.07) is 30.4. The molecule has 0 spiro atoms. The summed E-state index contributed by atoms with van der Waals surface area (Å²) in [4.78, 5) is 14.5. The van der Waals surface area contributed by atoms with E-state index in [0.29, 0.717) is 0 Å². The molecule has 0 atom stereocenters. The van der Waals surface area contributed by atoms with Crippen molar-refractivity contribution in [3.63, 3.8) is 0 Å². The molecule has 0 N–H and O–H groups in total. The van der Waals surface area contributed by atoms with Crippen LogP contribution in [0.15, 0.2) is 103 Å². The first-order chi connectivity index (χ1) is 17.7. The average molecular weight is 470 g/mol. The van der Waals surface area contributed by atoms with Gasteiger partial charge in [0.15, 0.2) is 0 Å².